The van der Waals surface area contributed by atoms with Gasteiger partial charge in [0.1, 0.15) is 0 Å². The molecule has 1 aromatic rings. The highest BCUT2D eigenvalue weighted by molar-refractivity contribution is 14.0. The van der Waals surface area contributed by atoms with Crippen molar-refractivity contribution in [1.29, 1.82) is 0 Å². The number of hydrogen-bond acceptors (Lipinski definition) is 3. The predicted molar refractivity (Wildman–Crippen MR) is 105 cm³/mol. The summed E-state index contributed by atoms with van der Waals surface area (Å²) in [5.41, 5.74) is 1.04. The van der Waals surface area contributed by atoms with Gasteiger partial charge in [-0.1, -0.05) is 29.8 Å². The Bertz CT molecular complexity index is 482. The maximum Gasteiger partial charge on any atom is 0.191 e. The van der Waals surface area contributed by atoms with Gasteiger partial charge in [0.25, 0.3) is 0 Å². The quantitative estimate of drug-likeness (QED) is 0.288. The van der Waals surface area contributed by atoms with Gasteiger partial charge in [-0.25, -0.2) is 0 Å². The Kier molecular flexibility index (Phi) is 10.6. The monoisotopic (exact) mass is 453 g/mol. The van der Waals surface area contributed by atoms with Gasteiger partial charge >= 0.3 is 0 Å². The van der Waals surface area contributed by atoms with Crippen molar-refractivity contribution in [3.63, 3.8) is 0 Å². The van der Waals surface area contributed by atoms with Crippen LogP contribution in [0.5, 0.6) is 0 Å². The van der Waals surface area contributed by atoms with Gasteiger partial charge in [0.2, 0.25) is 0 Å². The van der Waals surface area contributed by atoms with E-state index in [-0.39, 0.29) is 30.1 Å². The van der Waals surface area contributed by atoms with Crippen LogP contribution in [0.2, 0.25) is 5.02 Å². The summed E-state index contributed by atoms with van der Waals surface area (Å²) in [7, 11) is 1.75. The molecule has 0 bridgehead atoms. The van der Waals surface area contributed by atoms with E-state index < -0.39 is 0 Å². The summed E-state index contributed by atoms with van der Waals surface area (Å²) in [6, 6.07) is 7.77. The van der Waals surface area contributed by atoms with E-state index in [1.807, 2.05) is 24.3 Å². The van der Waals surface area contributed by atoms with Crippen molar-refractivity contribution in [3.8, 4) is 0 Å². The van der Waals surface area contributed by atoms with E-state index in [1.54, 1.807) is 7.05 Å². The van der Waals surface area contributed by atoms with Crippen molar-refractivity contribution in [2.75, 3.05) is 33.4 Å². The third-order valence-corrected chi connectivity index (χ3v) is 3.86. The van der Waals surface area contributed by atoms with Crippen molar-refractivity contribution in [3.05, 3.63) is 34.9 Å². The first-order chi connectivity index (χ1) is 10.8. The molecule has 0 amide bonds. The molecule has 0 radical (unpaired) electrons. The summed E-state index contributed by atoms with van der Waals surface area (Å²) in [6.07, 6.45) is 2.52. The molecule has 0 saturated carbocycles. The zero-order chi connectivity index (χ0) is 15.6. The van der Waals surface area contributed by atoms with Crippen molar-refractivity contribution < 1.29 is 9.47 Å². The Hall–Kier alpha value is -0.570. The van der Waals surface area contributed by atoms with Crippen molar-refractivity contribution >= 4 is 41.5 Å². The first-order valence-corrected chi connectivity index (χ1v) is 8.04. The molecule has 1 heterocycles. The molecule has 2 rings (SSSR count). The zero-order valence-corrected chi connectivity index (χ0v) is 16.5. The Balaban J connectivity index is 0.00000264. The summed E-state index contributed by atoms with van der Waals surface area (Å²) < 4.78 is 11.1. The van der Waals surface area contributed by atoms with Gasteiger partial charge < -0.3 is 20.1 Å². The molecule has 1 unspecified atom stereocenters. The highest BCUT2D eigenvalue weighted by Crippen LogP contribution is 2.14. The second kappa shape index (κ2) is 11.9. The van der Waals surface area contributed by atoms with Crippen LogP contribution in [0, 0.1) is 0 Å². The Labute approximate surface area is 160 Å². The number of halogens is 2. The van der Waals surface area contributed by atoms with Gasteiger partial charge in [-0.2, -0.15) is 0 Å². The van der Waals surface area contributed by atoms with Crippen LogP contribution >= 0.6 is 35.6 Å². The van der Waals surface area contributed by atoms with E-state index in [1.165, 1.54) is 0 Å². The predicted octanol–water partition coefficient (Wildman–Crippen LogP) is 2.82. The SMILES string of the molecule is CN=C(NCCOCC1CCCO1)NCc1ccccc1Cl.I. The van der Waals surface area contributed by atoms with Crippen molar-refractivity contribution in [2.24, 2.45) is 4.99 Å². The number of nitrogens with one attached hydrogen (secondary N) is 2. The lowest BCUT2D eigenvalue weighted by Gasteiger charge is -2.14. The van der Waals surface area contributed by atoms with Gasteiger partial charge in [-0.05, 0) is 24.5 Å². The molecule has 0 aromatic heterocycles. The van der Waals surface area contributed by atoms with Crippen LogP contribution in [0.25, 0.3) is 0 Å². The van der Waals surface area contributed by atoms with Crippen molar-refractivity contribution in [1.82, 2.24) is 10.6 Å². The highest BCUT2D eigenvalue weighted by atomic mass is 127. The van der Waals surface area contributed by atoms with Gasteiger partial charge in [0, 0.05) is 31.8 Å². The fourth-order valence-corrected chi connectivity index (χ4v) is 2.48. The number of aliphatic imine (C=N–C) groups is 1. The van der Waals surface area contributed by atoms with E-state index in [2.05, 4.69) is 15.6 Å². The van der Waals surface area contributed by atoms with Crippen LogP contribution in [0.1, 0.15) is 18.4 Å². The Morgan fingerprint density at radius 1 is 1.39 bits per heavy atom. The number of hydrogen-bond donors (Lipinski definition) is 2. The summed E-state index contributed by atoms with van der Waals surface area (Å²) in [6.45, 7) is 3.51. The average Bonchev–Trinajstić information content (AvgIpc) is 3.05. The lowest BCUT2D eigenvalue weighted by atomic mass is 10.2. The van der Waals surface area contributed by atoms with E-state index in [0.29, 0.717) is 26.3 Å². The molecule has 1 aliphatic rings. The first kappa shape index (κ1) is 20.5. The second-order valence-electron chi connectivity index (χ2n) is 5.15. The molecular formula is C16H25ClIN3O2. The minimum absolute atomic E-state index is 0. The van der Waals surface area contributed by atoms with Gasteiger partial charge in [-0.15, -0.1) is 24.0 Å². The molecule has 1 fully saturated rings. The third-order valence-electron chi connectivity index (χ3n) is 3.49. The molecular weight excluding hydrogens is 429 g/mol. The van der Waals surface area contributed by atoms with Crippen LogP contribution in [0.4, 0.5) is 0 Å². The van der Waals surface area contributed by atoms with E-state index in [4.69, 9.17) is 21.1 Å². The fraction of sp³-hybridized carbons (Fsp3) is 0.562. The van der Waals surface area contributed by atoms with Gasteiger partial charge in [0.15, 0.2) is 5.96 Å². The topological polar surface area (TPSA) is 54.9 Å². The molecule has 5 nitrogen and oxygen atoms in total. The van der Waals surface area contributed by atoms with Crippen LogP contribution in [0.15, 0.2) is 29.3 Å². The van der Waals surface area contributed by atoms with Crippen LogP contribution in [0.3, 0.4) is 0 Å². The summed E-state index contributed by atoms with van der Waals surface area (Å²) >= 11 is 6.13. The number of guanidine groups is 1. The van der Waals surface area contributed by atoms with Crippen LogP contribution in [-0.4, -0.2) is 45.5 Å². The minimum atomic E-state index is 0. The lowest BCUT2D eigenvalue weighted by Crippen LogP contribution is -2.38. The largest absolute Gasteiger partial charge is 0.377 e. The maximum absolute atomic E-state index is 6.13. The molecule has 1 atom stereocenters. The van der Waals surface area contributed by atoms with E-state index in [0.717, 1.165) is 36.0 Å². The summed E-state index contributed by atoms with van der Waals surface area (Å²) in [5.74, 6) is 0.737. The smallest absolute Gasteiger partial charge is 0.191 e. The highest BCUT2D eigenvalue weighted by Gasteiger charge is 2.14. The minimum Gasteiger partial charge on any atom is -0.377 e. The zero-order valence-electron chi connectivity index (χ0n) is 13.4. The number of ether oxygens (including phenoxy) is 2. The Morgan fingerprint density at radius 2 is 2.22 bits per heavy atom. The maximum atomic E-state index is 6.13. The van der Waals surface area contributed by atoms with Crippen LogP contribution in [-0.2, 0) is 16.0 Å². The lowest BCUT2D eigenvalue weighted by molar-refractivity contribution is 0.0191. The molecule has 7 heteroatoms. The number of benzene rings is 1. The standard InChI is InChI=1S/C16H24ClN3O2.HI/c1-18-16(20-11-13-5-2-3-7-15(13)17)19-8-10-21-12-14-6-4-9-22-14;/h2-3,5,7,14H,4,6,8-12H2,1H3,(H2,18,19,20);1H. The van der Waals surface area contributed by atoms with E-state index in [9.17, 15) is 0 Å². The molecule has 130 valence electrons. The Morgan fingerprint density at radius 3 is 2.91 bits per heavy atom. The molecule has 1 saturated heterocycles. The van der Waals surface area contributed by atoms with E-state index >= 15 is 0 Å². The summed E-state index contributed by atoms with van der Waals surface area (Å²) in [5, 5.41) is 7.20. The molecule has 2 N–H and O–H groups in total. The summed E-state index contributed by atoms with van der Waals surface area (Å²) in [4.78, 5) is 4.18. The molecule has 0 spiro atoms. The number of nitrogens with zero attached hydrogens (tertiary/aromatic N) is 1. The normalized spacial score (nSPS) is 17.7. The number of rotatable bonds is 7. The second-order valence-corrected chi connectivity index (χ2v) is 5.56. The molecule has 23 heavy (non-hydrogen) atoms. The molecule has 1 aliphatic heterocycles. The third kappa shape index (κ3) is 7.69. The molecule has 0 aliphatic carbocycles. The fourth-order valence-electron chi connectivity index (χ4n) is 2.27. The van der Waals surface area contributed by atoms with Gasteiger partial charge in [0.05, 0.1) is 19.3 Å². The first-order valence-electron chi connectivity index (χ1n) is 7.67. The van der Waals surface area contributed by atoms with Gasteiger partial charge in [-0.3, -0.25) is 4.99 Å². The van der Waals surface area contributed by atoms with Crippen molar-refractivity contribution in [2.45, 2.75) is 25.5 Å². The van der Waals surface area contributed by atoms with Crippen LogP contribution < -0.4 is 10.6 Å². The molecule has 1 aromatic carbocycles. The average molecular weight is 454 g/mol.